The van der Waals surface area contributed by atoms with E-state index in [9.17, 15) is 0 Å². The summed E-state index contributed by atoms with van der Waals surface area (Å²) in [6.07, 6.45) is 4.44. The van der Waals surface area contributed by atoms with Gasteiger partial charge in [-0.25, -0.2) is 0 Å². The molecule has 0 spiro atoms. The van der Waals surface area contributed by atoms with Gasteiger partial charge in [0.25, 0.3) is 0 Å². The summed E-state index contributed by atoms with van der Waals surface area (Å²) < 4.78 is 11.3. The van der Waals surface area contributed by atoms with E-state index < -0.39 is 0 Å². The van der Waals surface area contributed by atoms with Gasteiger partial charge in [0.15, 0.2) is 0 Å². The summed E-state index contributed by atoms with van der Waals surface area (Å²) in [6, 6.07) is 0.448. The maximum atomic E-state index is 5.82. The van der Waals surface area contributed by atoms with Crippen molar-refractivity contribution in [1.82, 2.24) is 5.32 Å². The average Bonchev–Trinajstić information content (AvgIpc) is 2.30. The Labute approximate surface area is 99.9 Å². The van der Waals surface area contributed by atoms with E-state index in [2.05, 4.69) is 19.2 Å². The van der Waals surface area contributed by atoms with Crippen molar-refractivity contribution in [3.8, 4) is 0 Å². The Morgan fingerprint density at radius 1 is 1.25 bits per heavy atom. The first kappa shape index (κ1) is 13.9. The molecule has 0 aromatic heterocycles. The molecule has 0 aliphatic carbocycles. The van der Waals surface area contributed by atoms with E-state index in [1.54, 1.807) is 0 Å². The van der Waals surface area contributed by atoms with Gasteiger partial charge in [0.1, 0.15) is 0 Å². The molecule has 0 aromatic carbocycles. The van der Waals surface area contributed by atoms with Gasteiger partial charge in [-0.05, 0) is 25.8 Å². The molecule has 1 N–H and O–H groups in total. The summed E-state index contributed by atoms with van der Waals surface area (Å²) in [5.74, 6) is 0.754. The van der Waals surface area contributed by atoms with Crippen LogP contribution in [0.4, 0.5) is 0 Å². The minimum absolute atomic E-state index is 0.0120. The molecule has 0 bridgehead atoms. The summed E-state index contributed by atoms with van der Waals surface area (Å²) in [5.41, 5.74) is -0.0120. The first-order chi connectivity index (χ1) is 7.64. The third kappa shape index (κ3) is 3.44. The van der Waals surface area contributed by atoms with Crippen LogP contribution in [0.5, 0.6) is 0 Å². The average molecular weight is 229 g/mol. The molecule has 0 saturated carbocycles. The maximum Gasteiger partial charge on any atom is 0.0874 e. The Bertz CT molecular complexity index is 188. The lowest BCUT2D eigenvalue weighted by Gasteiger charge is -2.42. The fraction of sp³-hybridized carbons (Fsp3) is 1.00. The highest BCUT2D eigenvalue weighted by atomic mass is 16.5. The number of ether oxygens (including phenoxy) is 2. The Balaban J connectivity index is 2.58. The Hall–Kier alpha value is -0.120. The van der Waals surface area contributed by atoms with Crippen LogP contribution in [0, 0.1) is 5.92 Å². The monoisotopic (exact) mass is 229 g/mol. The smallest absolute Gasteiger partial charge is 0.0874 e. The Morgan fingerprint density at radius 2 is 1.88 bits per heavy atom. The molecule has 1 heterocycles. The molecule has 1 aliphatic rings. The van der Waals surface area contributed by atoms with Gasteiger partial charge in [0.05, 0.1) is 5.60 Å². The van der Waals surface area contributed by atoms with Gasteiger partial charge in [0.2, 0.25) is 0 Å². The van der Waals surface area contributed by atoms with E-state index in [4.69, 9.17) is 9.47 Å². The SMILES string of the molecule is CNC(CCC(C)C)C1(OC)CCOCC1. The summed E-state index contributed by atoms with van der Waals surface area (Å²) in [5, 5.41) is 3.44. The van der Waals surface area contributed by atoms with Crippen LogP contribution in [0.2, 0.25) is 0 Å². The van der Waals surface area contributed by atoms with Crippen LogP contribution in [0.15, 0.2) is 0 Å². The van der Waals surface area contributed by atoms with E-state index in [1.807, 2.05) is 14.2 Å². The standard InChI is InChI=1S/C13H27NO2/c1-11(2)5-6-12(14-3)13(15-4)7-9-16-10-8-13/h11-12,14H,5-10H2,1-4H3. The van der Waals surface area contributed by atoms with E-state index >= 15 is 0 Å². The molecule has 1 fully saturated rings. The molecule has 96 valence electrons. The summed E-state index contributed by atoms with van der Waals surface area (Å²) in [6.45, 7) is 6.20. The lowest BCUT2D eigenvalue weighted by atomic mass is 9.82. The molecule has 1 unspecified atom stereocenters. The molecule has 1 atom stereocenters. The number of nitrogens with one attached hydrogen (secondary N) is 1. The fourth-order valence-electron chi connectivity index (χ4n) is 2.58. The molecular weight excluding hydrogens is 202 g/mol. The van der Waals surface area contributed by atoms with Crippen molar-refractivity contribution in [3.63, 3.8) is 0 Å². The third-order valence-electron chi connectivity index (χ3n) is 3.76. The second kappa shape index (κ2) is 6.58. The fourth-order valence-corrected chi connectivity index (χ4v) is 2.58. The van der Waals surface area contributed by atoms with Gasteiger partial charge >= 0.3 is 0 Å². The third-order valence-corrected chi connectivity index (χ3v) is 3.76. The highest BCUT2D eigenvalue weighted by molar-refractivity contribution is 4.94. The number of methoxy groups -OCH3 is 1. The van der Waals surface area contributed by atoms with Crippen molar-refractivity contribution in [2.75, 3.05) is 27.4 Å². The molecule has 3 heteroatoms. The van der Waals surface area contributed by atoms with E-state index in [-0.39, 0.29) is 5.60 Å². The molecular formula is C13H27NO2. The lowest BCUT2D eigenvalue weighted by Crippen LogP contribution is -2.54. The van der Waals surface area contributed by atoms with Crippen LogP contribution < -0.4 is 5.32 Å². The first-order valence-electron chi connectivity index (χ1n) is 6.45. The minimum atomic E-state index is -0.0120. The van der Waals surface area contributed by atoms with Gasteiger partial charge in [-0.1, -0.05) is 13.8 Å². The first-order valence-corrected chi connectivity index (χ1v) is 6.45. The number of likely N-dealkylation sites (N-methyl/N-ethyl adjacent to an activating group) is 1. The molecule has 16 heavy (non-hydrogen) atoms. The molecule has 3 nitrogen and oxygen atoms in total. The van der Waals surface area contributed by atoms with Crippen molar-refractivity contribution in [2.45, 2.75) is 51.2 Å². The predicted octanol–water partition coefficient (Wildman–Crippen LogP) is 2.21. The number of hydrogen-bond acceptors (Lipinski definition) is 3. The van der Waals surface area contributed by atoms with Crippen LogP contribution in [0.25, 0.3) is 0 Å². The predicted molar refractivity (Wildman–Crippen MR) is 66.7 cm³/mol. The Kier molecular flexibility index (Phi) is 5.73. The maximum absolute atomic E-state index is 5.82. The van der Waals surface area contributed by atoms with Crippen molar-refractivity contribution in [2.24, 2.45) is 5.92 Å². The van der Waals surface area contributed by atoms with E-state index in [1.165, 1.54) is 12.8 Å². The molecule has 0 radical (unpaired) electrons. The molecule has 0 aromatic rings. The Morgan fingerprint density at radius 3 is 2.31 bits per heavy atom. The van der Waals surface area contributed by atoms with Crippen molar-refractivity contribution in [1.29, 1.82) is 0 Å². The minimum Gasteiger partial charge on any atom is -0.381 e. The number of hydrogen-bond donors (Lipinski definition) is 1. The summed E-state index contributed by atoms with van der Waals surface area (Å²) >= 11 is 0. The van der Waals surface area contributed by atoms with Crippen LogP contribution >= 0.6 is 0 Å². The van der Waals surface area contributed by atoms with E-state index in [0.717, 1.165) is 32.0 Å². The van der Waals surface area contributed by atoms with Gasteiger partial charge in [-0.15, -0.1) is 0 Å². The summed E-state index contributed by atoms with van der Waals surface area (Å²) in [4.78, 5) is 0. The zero-order valence-corrected chi connectivity index (χ0v) is 11.2. The van der Waals surface area contributed by atoms with Crippen molar-refractivity contribution < 1.29 is 9.47 Å². The molecule has 1 saturated heterocycles. The van der Waals surface area contributed by atoms with Crippen LogP contribution in [-0.2, 0) is 9.47 Å². The quantitative estimate of drug-likeness (QED) is 0.757. The lowest BCUT2D eigenvalue weighted by molar-refractivity contribution is -0.111. The normalized spacial score (nSPS) is 22.3. The molecule has 1 rings (SSSR count). The van der Waals surface area contributed by atoms with Crippen LogP contribution in [0.1, 0.15) is 39.5 Å². The second-order valence-corrected chi connectivity index (χ2v) is 5.19. The van der Waals surface area contributed by atoms with Crippen molar-refractivity contribution in [3.05, 3.63) is 0 Å². The van der Waals surface area contributed by atoms with Gasteiger partial charge < -0.3 is 14.8 Å². The number of rotatable bonds is 6. The highest BCUT2D eigenvalue weighted by Gasteiger charge is 2.39. The topological polar surface area (TPSA) is 30.5 Å². The molecule has 0 amide bonds. The molecule has 1 aliphatic heterocycles. The second-order valence-electron chi connectivity index (χ2n) is 5.19. The largest absolute Gasteiger partial charge is 0.381 e. The van der Waals surface area contributed by atoms with Gasteiger partial charge in [-0.2, -0.15) is 0 Å². The van der Waals surface area contributed by atoms with Gasteiger partial charge in [-0.3, -0.25) is 0 Å². The van der Waals surface area contributed by atoms with E-state index in [0.29, 0.717) is 6.04 Å². The zero-order chi connectivity index (χ0) is 12.0. The van der Waals surface area contributed by atoms with Crippen molar-refractivity contribution >= 4 is 0 Å². The summed E-state index contributed by atoms with van der Waals surface area (Å²) in [7, 11) is 3.88. The van der Waals surface area contributed by atoms with Crippen LogP contribution in [0.3, 0.4) is 0 Å². The van der Waals surface area contributed by atoms with Gasteiger partial charge in [0, 0.05) is 39.2 Å². The zero-order valence-electron chi connectivity index (χ0n) is 11.2. The highest BCUT2D eigenvalue weighted by Crippen LogP contribution is 2.30. The van der Waals surface area contributed by atoms with Crippen LogP contribution in [-0.4, -0.2) is 39.0 Å².